The number of fused-ring (bicyclic) bond motifs is 2. The van der Waals surface area contributed by atoms with Gasteiger partial charge in [0.1, 0.15) is 0 Å². The molecule has 9 aliphatic rings. The Morgan fingerprint density at radius 3 is 0.950 bits per heavy atom. The van der Waals surface area contributed by atoms with Crippen LogP contribution in [0.15, 0.2) is 0 Å². The van der Waals surface area contributed by atoms with Crippen LogP contribution in [0.4, 0.5) is 0 Å². The third kappa shape index (κ3) is 24.4. The molecule has 80 heavy (non-hydrogen) atoms. The minimum absolute atomic E-state index is 0.331. The molecule has 12 heteroatoms. The Morgan fingerprint density at radius 2 is 0.600 bits per heavy atom. The van der Waals surface area contributed by atoms with Gasteiger partial charge in [-0.2, -0.15) is 0 Å². The highest BCUT2D eigenvalue weighted by Gasteiger charge is 2.36. The molecule has 12 nitrogen and oxygen atoms in total. The van der Waals surface area contributed by atoms with Crippen LogP contribution in [0.2, 0.25) is 0 Å². The number of hydrogen-bond donors (Lipinski definition) is 0. The zero-order valence-corrected chi connectivity index (χ0v) is 58.5. The Morgan fingerprint density at radius 1 is 0.287 bits per heavy atom. The van der Waals surface area contributed by atoms with Crippen molar-refractivity contribution >= 4 is 0 Å². The average molecular weight is 1130 g/mol. The van der Waals surface area contributed by atoms with E-state index in [2.05, 4.69) is 225 Å². The molecule has 0 spiro atoms. The molecule has 0 N–H and O–H groups in total. The standard InChI is InChI=1S/2C12H24N2.2C12H26N2.C11H24N2.C9H18N2/c1-12(2,3)14-9-7-13(8-10-14)11-5-4-6-11;1-12(2,3)14-9-8-13-7-5-4-6-11(13)10-14;1-11(2,3)13-7-9-14(10-8-13)12(4,5)6;1-10(2)14-8-7-13(9-11(14)3)12(4,5)6;1-10(2)12-6-8-13(9-7-12)11(3,4)5;1-10-6-7-11-5-3-2-4-9(11)8-10/h2*11H,4-10H2,1-3H3;7-10H2,1-6H3;10-11H,7-9H2,1-6H3;10H,6-9H2,1-5H3;9H,2-8H2,1H3. The molecular weight excluding hydrogens is 985 g/mol. The van der Waals surface area contributed by atoms with Gasteiger partial charge in [0, 0.05) is 207 Å². The van der Waals surface area contributed by atoms with Crippen LogP contribution in [0.5, 0.6) is 0 Å². The van der Waals surface area contributed by atoms with Crippen molar-refractivity contribution in [1.82, 2.24) is 58.8 Å². The molecule has 0 aromatic rings. The van der Waals surface area contributed by atoms with Gasteiger partial charge in [-0.25, -0.2) is 0 Å². The van der Waals surface area contributed by atoms with E-state index in [4.69, 9.17) is 0 Å². The molecule has 9 rings (SSSR count). The van der Waals surface area contributed by atoms with Gasteiger partial charge < -0.3 is 4.90 Å². The topological polar surface area (TPSA) is 38.9 Å². The fourth-order valence-electron chi connectivity index (χ4n) is 13.9. The van der Waals surface area contributed by atoms with Crippen LogP contribution < -0.4 is 0 Å². The van der Waals surface area contributed by atoms with Crippen LogP contribution in [0.25, 0.3) is 0 Å². The first kappa shape index (κ1) is 72.0. The van der Waals surface area contributed by atoms with Gasteiger partial charge in [-0.1, -0.05) is 19.3 Å². The van der Waals surface area contributed by atoms with Crippen molar-refractivity contribution < 1.29 is 0 Å². The highest BCUT2D eigenvalue weighted by atomic mass is 15.3. The lowest BCUT2D eigenvalue weighted by atomic mass is 9.91. The lowest BCUT2D eigenvalue weighted by molar-refractivity contribution is 0.00573. The van der Waals surface area contributed by atoms with Gasteiger partial charge in [0.05, 0.1) is 0 Å². The zero-order chi connectivity index (χ0) is 60.0. The molecule has 0 aromatic heterocycles. The number of hydrogen-bond acceptors (Lipinski definition) is 12. The second-order valence-electron chi connectivity index (χ2n) is 32.9. The Labute approximate surface area is 500 Å². The van der Waals surface area contributed by atoms with Crippen molar-refractivity contribution in [3.63, 3.8) is 0 Å². The monoisotopic (exact) mass is 1130 g/mol. The predicted molar refractivity (Wildman–Crippen MR) is 351 cm³/mol. The van der Waals surface area contributed by atoms with Crippen molar-refractivity contribution in [2.24, 2.45) is 0 Å². The first-order valence-corrected chi connectivity index (χ1v) is 33.9. The van der Waals surface area contributed by atoms with E-state index in [1.54, 1.807) is 0 Å². The SMILES string of the molecule is CC(C)(C)N1CCN(C(C)(C)C)CC1.CC(C)(C)N1CCN(C2CCC2)CC1.CC(C)(C)N1CCN2CCCCC2C1.CC(C)N1CCN(C(C)(C)C)CC1.CC(C)N1CCN(C(C)(C)C)CC1C.CN1CCN2CCCCC2C1. The highest BCUT2D eigenvalue weighted by molar-refractivity contribution is 4.92. The molecule has 0 radical (unpaired) electrons. The van der Waals surface area contributed by atoms with Gasteiger partial charge in [0.25, 0.3) is 0 Å². The maximum absolute atomic E-state index is 2.70. The molecule has 3 unspecified atom stereocenters. The van der Waals surface area contributed by atoms with Crippen LogP contribution >= 0.6 is 0 Å². The summed E-state index contributed by atoms with van der Waals surface area (Å²) in [7, 11) is 2.24. The molecule has 1 aliphatic carbocycles. The van der Waals surface area contributed by atoms with Gasteiger partial charge in [0.2, 0.25) is 0 Å². The van der Waals surface area contributed by atoms with Gasteiger partial charge >= 0.3 is 0 Å². The maximum atomic E-state index is 2.70. The number of likely N-dealkylation sites (N-methyl/N-ethyl adjacent to an activating group) is 1. The summed E-state index contributed by atoms with van der Waals surface area (Å²) in [5, 5.41) is 0. The van der Waals surface area contributed by atoms with Gasteiger partial charge in [0.15, 0.2) is 0 Å². The molecule has 0 bridgehead atoms. The molecule has 8 aliphatic heterocycles. The summed E-state index contributed by atoms with van der Waals surface area (Å²) >= 11 is 0. The quantitative estimate of drug-likeness (QED) is 0.270. The van der Waals surface area contributed by atoms with E-state index in [0.717, 1.165) is 18.1 Å². The summed E-state index contributed by atoms with van der Waals surface area (Å²) in [5.41, 5.74) is 2.09. The number of rotatable bonds is 3. The van der Waals surface area contributed by atoms with Crippen molar-refractivity contribution in [2.75, 3.05) is 158 Å². The maximum Gasteiger partial charge on any atom is 0.0223 e. The first-order chi connectivity index (χ1) is 36.9. The normalized spacial score (nSPS) is 27.6. The van der Waals surface area contributed by atoms with Crippen LogP contribution in [0, 0.1) is 0 Å². The van der Waals surface area contributed by atoms with E-state index in [1.807, 2.05) is 0 Å². The van der Waals surface area contributed by atoms with E-state index in [-0.39, 0.29) is 0 Å². The Kier molecular flexibility index (Phi) is 28.8. The van der Waals surface area contributed by atoms with Crippen LogP contribution in [-0.4, -0.2) is 286 Å². The van der Waals surface area contributed by atoms with E-state index in [9.17, 15) is 0 Å². The molecule has 8 heterocycles. The van der Waals surface area contributed by atoms with Gasteiger partial charge in [-0.15, -0.1) is 0 Å². The predicted octanol–water partition coefficient (Wildman–Crippen LogP) is 10.9. The first-order valence-electron chi connectivity index (χ1n) is 33.9. The largest absolute Gasteiger partial charge is 0.304 e. The fraction of sp³-hybridized carbons (Fsp3) is 1.00. The summed E-state index contributed by atoms with van der Waals surface area (Å²) in [5.74, 6) is 0. The molecule has 8 saturated heterocycles. The molecule has 9 fully saturated rings. The Bertz CT molecular complexity index is 1620. The number of piperidine rings is 2. The van der Waals surface area contributed by atoms with Crippen molar-refractivity contribution in [3.8, 4) is 0 Å². The molecule has 1 saturated carbocycles. The fourth-order valence-corrected chi connectivity index (χ4v) is 13.9. The van der Waals surface area contributed by atoms with E-state index in [0.29, 0.717) is 51.4 Å². The Balaban J connectivity index is 0.000000207. The second-order valence-corrected chi connectivity index (χ2v) is 32.9. The molecule has 0 aromatic carbocycles. The molecular formula is C68H142N12. The van der Waals surface area contributed by atoms with Crippen molar-refractivity contribution in [1.29, 1.82) is 0 Å². The van der Waals surface area contributed by atoms with E-state index < -0.39 is 0 Å². The van der Waals surface area contributed by atoms with Crippen molar-refractivity contribution in [3.05, 3.63) is 0 Å². The average Bonchev–Trinajstić information content (AvgIpc) is 3.36. The molecule has 0 amide bonds. The van der Waals surface area contributed by atoms with E-state index in [1.165, 1.54) is 208 Å². The van der Waals surface area contributed by atoms with Crippen LogP contribution in [-0.2, 0) is 0 Å². The summed E-state index contributed by atoms with van der Waals surface area (Å²) in [6, 6.07) is 4.79. The summed E-state index contributed by atoms with van der Waals surface area (Å²) in [4.78, 5) is 31.3. The minimum Gasteiger partial charge on any atom is -0.304 e. The van der Waals surface area contributed by atoms with Crippen LogP contribution in [0.3, 0.4) is 0 Å². The van der Waals surface area contributed by atoms with Gasteiger partial charge in [-0.05, 0) is 218 Å². The lowest BCUT2D eigenvalue weighted by Crippen LogP contribution is -2.59. The molecule has 3 atom stereocenters. The van der Waals surface area contributed by atoms with E-state index >= 15 is 0 Å². The Hall–Kier alpha value is -0.480. The summed E-state index contributed by atoms with van der Waals surface area (Å²) in [6.07, 6.45) is 13.0. The smallest absolute Gasteiger partial charge is 0.0223 e. The summed E-state index contributed by atoms with van der Waals surface area (Å²) in [6.45, 7) is 82.1. The third-order valence-electron chi connectivity index (χ3n) is 20.1. The number of nitrogens with zero attached hydrogens (tertiary/aromatic N) is 12. The number of piperazine rings is 6. The third-order valence-corrected chi connectivity index (χ3v) is 20.1. The second kappa shape index (κ2) is 32.0. The highest BCUT2D eigenvalue weighted by Crippen LogP contribution is 2.29. The van der Waals surface area contributed by atoms with Crippen molar-refractivity contribution in [2.45, 2.75) is 287 Å². The van der Waals surface area contributed by atoms with Gasteiger partial charge in [-0.3, -0.25) is 53.9 Å². The summed E-state index contributed by atoms with van der Waals surface area (Å²) < 4.78 is 0. The minimum atomic E-state index is 0.331. The lowest BCUT2D eigenvalue weighted by Gasteiger charge is -2.48. The molecule has 474 valence electrons. The zero-order valence-electron chi connectivity index (χ0n) is 58.5. The van der Waals surface area contributed by atoms with Crippen LogP contribution in [0.1, 0.15) is 217 Å².